The lowest BCUT2D eigenvalue weighted by atomic mass is 10.2. The van der Waals surface area contributed by atoms with Crippen molar-refractivity contribution in [2.24, 2.45) is 4.40 Å². The second-order valence-electron chi connectivity index (χ2n) is 6.43. The molecular weight excluding hydrogens is 420 g/mol. The highest BCUT2D eigenvalue weighted by Crippen LogP contribution is 2.34. The highest BCUT2D eigenvalue weighted by atomic mass is 32.2. The molecule has 0 aromatic heterocycles. The highest BCUT2D eigenvalue weighted by Gasteiger charge is 2.34. The molecule has 1 heterocycles. The number of methoxy groups -OCH3 is 1. The molecule has 2 aromatic rings. The Labute approximate surface area is 181 Å². The number of ether oxygens (including phenoxy) is 1. The van der Waals surface area contributed by atoms with Gasteiger partial charge in [-0.3, -0.25) is 9.69 Å². The molecule has 2 aromatic carbocycles. The summed E-state index contributed by atoms with van der Waals surface area (Å²) in [6.07, 6.45) is 4.05. The molecule has 0 saturated carbocycles. The maximum Gasteiger partial charge on any atom is 0.284 e. The fourth-order valence-electron chi connectivity index (χ4n) is 2.77. The van der Waals surface area contributed by atoms with E-state index in [2.05, 4.69) is 11.0 Å². The predicted molar refractivity (Wildman–Crippen MR) is 121 cm³/mol. The molecule has 1 fully saturated rings. The first-order valence-corrected chi connectivity index (χ1v) is 11.5. The van der Waals surface area contributed by atoms with Crippen LogP contribution in [-0.4, -0.2) is 38.0 Å². The lowest BCUT2D eigenvalue weighted by Gasteiger charge is -2.12. The Morgan fingerprint density at radius 2 is 1.80 bits per heavy atom. The summed E-state index contributed by atoms with van der Waals surface area (Å²) in [5.41, 5.74) is 1.83. The molecule has 6 nitrogen and oxygen atoms in total. The summed E-state index contributed by atoms with van der Waals surface area (Å²) < 4.78 is 34.7. The smallest absolute Gasteiger partial charge is 0.284 e. The van der Waals surface area contributed by atoms with Gasteiger partial charge in [-0.1, -0.05) is 37.3 Å². The zero-order valence-corrected chi connectivity index (χ0v) is 18.4. The third-order valence-corrected chi connectivity index (χ3v) is 6.84. The molecule has 1 aliphatic heterocycles. The zero-order valence-electron chi connectivity index (χ0n) is 16.7. The number of amides is 1. The Balaban J connectivity index is 1.94. The average molecular weight is 443 g/mol. The summed E-state index contributed by atoms with van der Waals surface area (Å²) in [5.74, 6) is 0.393. The SMILES string of the molecule is C=CCN1C(=O)/C(=C\c2ccc(OC)cc2)S/C1=N\S(=O)(=O)c1ccc(CC)cc1. The molecule has 0 N–H and O–H groups in total. The van der Waals surface area contributed by atoms with Crippen molar-refractivity contribution in [1.29, 1.82) is 0 Å². The number of carbonyl (C=O) groups excluding carboxylic acids is 1. The van der Waals surface area contributed by atoms with Crippen LogP contribution in [0.25, 0.3) is 6.08 Å². The van der Waals surface area contributed by atoms with Gasteiger partial charge in [-0.05, 0) is 59.7 Å². The van der Waals surface area contributed by atoms with E-state index in [0.29, 0.717) is 10.7 Å². The van der Waals surface area contributed by atoms with Crippen LogP contribution in [0, 0.1) is 0 Å². The van der Waals surface area contributed by atoms with Crippen LogP contribution >= 0.6 is 11.8 Å². The predicted octanol–water partition coefficient (Wildman–Crippen LogP) is 4.10. The van der Waals surface area contributed by atoms with Crippen molar-refractivity contribution in [2.45, 2.75) is 18.2 Å². The molecule has 0 atom stereocenters. The molecule has 1 aliphatic rings. The van der Waals surface area contributed by atoms with E-state index in [1.807, 2.05) is 19.1 Å². The van der Waals surface area contributed by atoms with Gasteiger partial charge in [-0.15, -0.1) is 11.0 Å². The van der Waals surface area contributed by atoms with E-state index in [4.69, 9.17) is 4.74 Å². The quantitative estimate of drug-likeness (QED) is 0.477. The molecule has 0 aliphatic carbocycles. The van der Waals surface area contributed by atoms with E-state index >= 15 is 0 Å². The Morgan fingerprint density at radius 1 is 1.13 bits per heavy atom. The van der Waals surface area contributed by atoms with Crippen molar-refractivity contribution in [3.63, 3.8) is 0 Å². The van der Waals surface area contributed by atoms with Crippen molar-refractivity contribution in [3.8, 4) is 5.75 Å². The number of sulfonamides is 1. The van der Waals surface area contributed by atoms with Crippen molar-refractivity contribution >= 4 is 38.9 Å². The van der Waals surface area contributed by atoms with Crippen LogP contribution < -0.4 is 4.74 Å². The van der Waals surface area contributed by atoms with Crippen LogP contribution in [0.4, 0.5) is 0 Å². The monoisotopic (exact) mass is 442 g/mol. The first kappa shape index (κ1) is 21.9. The molecule has 8 heteroatoms. The molecule has 156 valence electrons. The minimum atomic E-state index is -3.95. The number of hydrogen-bond acceptors (Lipinski definition) is 5. The number of aryl methyl sites for hydroxylation is 1. The number of thioether (sulfide) groups is 1. The summed E-state index contributed by atoms with van der Waals surface area (Å²) in [6, 6.07) is 13.8. The highest BCUT2D eigenvalue weighted by molar-refractivity contribution is 8.19. The maximum atomic E-state index is 12.8. The van der Waals surface area contributed by atoms with Gasteiger partial charge >= 0.3 is 0 Å². The molecule has 0 unspecified atom stereocenters. The van der Waals surface area contributed by atoms with E-state index in [0.717, 1.165) is 29.3 Å². The summed E-state index contributed by atoms with van der Waals surface area (Å²) in [7, 11) is -2.37. The summed E-state index contributed by atoms with van der Waals surface area (Å²) in [6.45, 7) is 5.81. The van der Waals surface area contributed by atoms with Gasteiger partial charge in [0.1, 0.15) is 5.75 Å². The second kappa shape index (κ2) is 9.32. The molecule has 30 heavy (non-hydrogen) atoms. The van der Waals surface area contributed by atoms with E-state index < -0.39 is 10.0 Å². The van der Waals surface area contributed by atoms with Gasteiger partial charge in [0.25, 0.3) is 15.9 Å². The number of hydrogen-bond donors (Lipinski definition) is 0. The van der Waals surface area contributed by atoms with Gasteiger partial charge in [0.05, 0.1) is 16.9 Å². The number of benzene rings is 2. The second-order valence-corrected chi connectivity index (χ2v) is 9.05. The van der Waals surface area contributed by atoms with Gasteiger partial charge < -0.3 is 4.74 Å². The Morgan fingerprint density at radius 3 is 2.37 bits per heavy atom. The summed E-state index contributed by atoms with van der Waals surface area (Å²) in [4.78, 5) is 14.6. The van der Waals surface area contributed by atoms with Crippen molar-refractivity contribution in [3.05, 3.63) is 77.2 Å². The number of amidine groups is 1. The minimum absolute atomic E-state index is 0.0892. The fraction of sp³-hybridized carbons (Fsp3) is 0.182. The van der Waals surface area contributed by atoms with Crippen molar-refractivity contribution in [2.75, 3.05) is 13.7 Å². The van der Waals surface area contributed by atoms with E-state index in [1.165, 1.54) is 23.1 Å². The van der Waals surface area contributed by atoms with E-state index in [-0.39, 0.29) is 22.5 Å². The maximum absolute atomic E-state index is 12.8. The third-order valence-electron chi connectivity index (χ3n) is 4.44. The van der Waals surface area contributed by atoms with Crippen LogP contribution in [0.1, 0.15) is 18.1 Å². The first-order chi connectivity index (χ1) is 14.4. The van der Waals surface area contributed by atoms with E-state index in [1.54, 1.807) is 37.5 Å². The molecule has 1 amide bonds. The first-order valence-electron chi connectivity index (χ1n) is 9.28. The Hall–Kier alpha value is -2.84. The van der Waals surface area contributed by atoms with Crippen LogP contribution in [0.3, 0.4) is 0 Å². The number of rotatable bonds is 7. The molecule has 3 rings (SSSR count). The van der Waals surface area contributed by atoms with Crippen LogP contribution in [-0.2, 0) is 21.2 Å². The van der Waals surface area contributed by atoms with Crippen LogP contribution in [0.15, 0.2) is 75.4 Å². The Kier molecular flexibility index (Phi) is 6.79. The van der Waals surface area contributed by atoms with Gasteiger partial charge in [-0.25, -0.2) is 0 Å². The largest absolute Gasteiger partial charge is 0.497 e. The topological polar surface area (TPSA) is 76.0 Å². The lowest BCUT2D eigenvalue weighted by molar-refractivity contribution is -0.121. The Bertz CT molecular complexity index is 1100. The number of carbonyl (C=O) groups is 1. The molecule has 0 spiro atoms. The fourth-order valence-corrected chi connectivity index (χ4v) is 4.96. The summed E-state index contributed by atoms with van der Waals surface area (Å²) in [5, 5.41) is 0.110. The van der Waals surface area contributed by atoms with Gasteiger partial charge in [0.15, 0.2) is 5.17 Å². The average Bonchev–Trinajstić information content (AvgIpc) is 3.03. The van der Waals surface area contributed by atoms with Gasteiger partial charge in [-0.2, -0.15) is 8.42 Å². The van der Waals surface area contributed by atoms with Gasteiger partial charge in [0, 0.05) is 6.54 Å². The normalized spacial score (nSPS) is 17.0. The molecule has 0 radical (unpaired) electrons. The zero-order chi connectivity index (χ0) is 21.7. The van der Waals surface area contributed by atoms with Gasteiger partial charge in [0.2, 0.25) is 0 Å². The van der Waals surface area contributed by atoms with Crippen molar-refractivity contribution in [1.82, 2.24) is 4.90 Å². The molecule has 0 bridgehead atoms. The van der Waals surface area contributed by atoms with Crippen LogP contribution in [0.2, 0.25) is 0 Å². The standard InChI is InChI=1S/C22H22N2O4S2/c1-4-14-24-21(25)20(15-17-6-10-18(28-3)11-7-17)29-22(24)23-30(26,27)19-12-8-16(5-2)9-13-19/h4,6-13,15H,1,5,14H2,2-3H3/b20-15+,23-22-. The third kappa shape index (κ3) is 4.83. The minimum Gasteiger partial charge on any atom is -0.497 e. The van der Waals surface area contributed by atoms with Crippen molar-refractivity contribution < 1.29 is 17.9 Å². The molecular formula is C22H22N2O4S2. The summed E-state index contributed by atoms with van der Waals surface area (Å²) >= 11 is 1.03. The number of nitrogens with zero attached hydrogens (tertiary/aromatic N) is 2. The molecule has 1 saturated heterocycles. The van der Waals surface area contributed by atoms with Crippen LogP contribution in [0.5, 0.6) is 5.75 Å². The lowest BCUT2D eigenvalue weighted by Crippen LogP contribution is -2.29. The van der Waals surface area contributed by atoms with E-state index in [9.17, 15) is 13.2 Å².